The summed E-state index contributed by atoms with van der Waals surface area (Å²) in [5.74, 6) is 0.864. The molecule has 170 valence electrons. The molecule has 0 saturated carbocycles. The fourth-order valence-electron chi connectivity index (χ4n) is 3.70. The highest BCUT2D eigenvalue weighted by molar-refractivity contribution is 5.75. The SMILES string of the molecule is Cn1c(=O)c2c(nc(NCCNc3nc4c(c(=O)n(C)c(=O)n4C)n3C)n2C)n(C)c1=O. The molecule has 0 saturated heterocycles. The molecule has 4 aromatic rings. The summed E-state index contributed by atoms with van der Waals surface area (Å²) in [6.45, 7) is 0.817. The van der Waals surface area contributed by atoms with Crippen LogP contribution in [0, 0.1) is 0 Å². The van der Waals surface area contributed by atoms with E-state index in [0.717, 1.165) is 9.13 Å². The van der Waals surface area contributed by atoms with Crippen molar-refractivity contribution in [1.29, 1.82) is 0 Å². The number of rotatable bonds is 5. The molecule has 4 rings (SSSR count). The Morgan fingerprint density at radius 2 is 0.906 bits per heavy atom. The highest BCUT2D eigenvalue weighted by atomic mass is 16.2. The Balaban J connectivity index is 1.57. The number of aromatic nitrogens is 8. The van der Waals surface area contributed by atoms with Gasteiger partial charge in [0, 0.05) is 55.4 Å². The lowest BCUT2D eigenvalue weighted by Gasteiger charge is -2.08. The van der Waals surface area contributed by atoms with E-state index >= 15 is 0 Å². The molecular formula is C18H24N10O4. The molecule has 0 aliphatic heterocycles. The van der Waals surface area contributed by atoms with E-state index in [1.165, 1.54) is 23.2 Å². The Bertz CT molecular complexity index is 1500. The fourth-order valence-corrected chi connectivity index (χ4v) is 3.70. The maximum atomic E-state index is 12.5. The van der Waals surface area contributed by atoms with Gasteiger partial charge in [0.25, 0.3) is 11.1 Å². The predicted octanol–water partition coefficient (Wildman–Crippen LogP) is -2.22. The van der Waals surface area contributed by atoms with E-state index < -0.39 is 22.5 Å². The minimum atomic E-state index is -0.448. The average molecular weight is 444 g/mol. The van der Waals surface area contributed by atoms with Gasteiger partial charge in [-0.15, -0.1) is 0 Å². The van der Waals surface area contributed by atoms with Crippen LogP contribution in [0.4, 0.5) is 11.9 Å². The van der Waals surface area contributed by atoms with E-state index in [2.05, 4.69) is 20.6 Å². The van der Waals surface area contributed by atoms with Gasteiger partial charge in [-0.05, 0) is 0 Å². The summed E-state index contributed by atoms with van der Waals surface area (Å²) >= 11 is 0. The summed E-state index contributed by atoms with van der Waals surface area (Å²) in [4.78, 5) is 58.0. The number of anilines is 2. The molecule has 0 aliphatic rings. The quantitative estimate of drug-likeness (QED) is 0.329. The maximum absolute atomic E-state index is 12.5. The second kappa shape index (κ2) is 7.25. The minimum Gasteiger partial charge on any atom is -0.354 e. The number of fused-ring (bicyclic) bond motifs is 2. The van der Waals surface area contributed by atoms with Gasteiger partial charge in [0.1, 0.15) is 0 Å². The molecular weight excluding hydrogens is 420 g/mol. The van der Waals surface area contributed by atoms with Gasteiger partial charge in [0.2, 0.25) is 11.9 Å². The van der Waals surface area contributed by atoms with Crippen LogP contribution >= 0.6 is 0 Å². The molecule has 0 aliphatic carbocycles. The normalized spacial score (nSPS) is 11.6. The van der Waals surface area contributed by atoms with Crippen molar-refractivity contribution in [3.05, 3.63) is 41.7 Å². The van der Waals surface area contributed by atoms with E-state index in [9.17, 15) is 19.2 Å². The highest BCUT2D eigenvalue weighted by Crippen LogP contribution is 2.14. The van der Waals surface area contributed by atoms with Crippen molar-refractivity contribution in [1.82, 2.24) is 37.4 Å². The molecule has 14 nitrogen and oxygen atoms in total. The molecule has 0 spiro atoms. The molecule has 0 bridgehead atoms. The zero-order valence-electron chi connectivity index (χ0n) is 18.6. The van der Waals surface area contributed by atoms with Gasteiger partial charge in [0.15, 0.2) is 22.3 Å². The van der Waals surface area contributed by atoms with E-state index in [4.69, 9.17) is 0 Å². The third-order valence-corrected chi connectivity index (χ3v) is 5.64. The van der Waals surface area contributed by atoms with Crippen LogP contribution < -0.4 is 33.1 Å². The van der Waals surface area contributed by atoms with Crippen molar-refractivity contribution in [2.45, 2.75) is 0 Å². The van der Waals surface area contributed by atoms with Crippen LogP contribution in [0.1, 0.15) is 0 Å². The van der Waals surface area contributed by atoms with Gasteiger partial charge < -0.3 is 19.8 Å². The zero-order valence-corrected chi connectivity index (χ0v) is 18.6. The standard InChI is InChI=1S/C18H24N10O4/c1-23-9-11(25(3)17(31)27(5)13(9)29)21-15(23)19-7-8-20-16-22-12-10(24(16)2)14(30)28(6)18(32)26(12)4/h7-8H2,1-6H3,(H,19,21)(H,20,22). The molecule has 0 amide bonds. The van der Waals surface area contributed by atoms with Crippen LogP contribution in [0.15, 0.2) is 19.2 Å². The minimum absolute atomic E-state index is 0.295. The number of nitrogens with zero attached hydrogens (tertiary/aromatic N) is 8. The van der Waals surface area contributed by atoms with Gasteiger partial charge in [-0.25, -0.2) is 9.59 Å². The Labute approximate surface area is 180 Å². The largest absolute Gasteiger partial charge is 0.354 e. The van der Waals surface area contributed by atoms with E-state index in [1.807, 2.05) is 0 Å². The monoisotopic (exact) mass is 444 g/mol. The van der Waals surface area contributed by atoms with Gasteiger partial charge >= 0.3 is 11.4 Å². The van der Waals surface area contributed by atoms with Crippen LogP contribution in [0.3, 0.4) is 0 Å². The molecule has 0 fully saturated rings. The third kappa shape index (κ3) is 2.86. The first-order valence-electron chi connectivity index (χ1n) is 9.78. The summed E-state index contributed by atoms with van der Waals surface area (Å²) in [5.41, 5.74) is -0.513. The van der Waals surface area contributed by atoms with E-state index in [0.29, 0.717) is 47.3 Å². The molecule has 0 aromatic carbocycles. The molecule has 0 unspecified atom stereocenters. The maximum Gasteiger partial charge on any atom is 0.332 e. The number of hydrogen-bond donors (Lipinski definition) is 2. The second-order valence-electron chi connectivity index (χ2n) is 7.60. The highest BCUT2D eigenvalue weighted by Gasteiger charge is 2.18. The Morgan fingerprint density at radius 1 is 0.562 bits per heavy atom. The first kappa shape index (κ1) is 21.1. The fraction of sp³-hybridized carbons (Fsp3) is 0.444. The van der Waals surface area contributed by atoms with Crippen molar-refractivity contribution in [3.63, 3.8) is 0 Å². The zero-order chi connectivity index (χ0) is 23.5. The number of nitrogens with one attached hydrogen (secondary N) is 2. The molecule has 2 N–H and O–H groups in total. The topological polar surface area (TPSA) is 148 Å². The van der Waals surface area contributed by atoms with Crippen LogP contribution in [-0.2, 0) is 42.3 Å². The van der Waals surface area contributed by atoms with Crippen molar-refractivity contribution >= 4 is 34.2 Å². The summed E-state index contributed by atoms with van der Waals surface area (Å²) in [6.07, 6.45) is 0. The third-order valence-electron chi connectivity index (χ3n) is 5.64. The van der Waals surface area contributed by atoms with Gasteiger partial charge in [-0.2, -0.15) is 9.97 Å². The lowest BCUT2D eigenvalue weighted by atomic mass is 10.5. The first-order valence-corrected chi connectivity index (χ1v) is 9.78. The van der Waals surface area contributed by atoms with E-state index in [-0.39, 0.29) is 0 Å². The van der Waals surface area contributed by atoms with Gasteiger partial charge in [-0.1, -0.05) is 0 Å². The summed E-state index contributed by atoms with van der Waals surface area (Å²) in [7, 11) is 9.36. The molecule has 0 radical (unpaired) electrons. The van der Waals surface area contributed by atoms with Crippen molar-refractivity contribution < 1.29 is 0 Å². The Kier molecular flexibility index (Phi) is 4.79. The number of hydrogen-bond acceptors (Lipinski definition) is 8. The number of imidazole rings is 2. The van der Waals surface area contributed by atoms with Gasteiger partial charge in [0.05, 0.1) is 0 Å². The summed E-state index contributed by atoms with van der Waals surface area (Å²) in [5, 5.41) is 6.26. The van der Waals surface area contributed by atoms with E-state index in [1.54, 1.807) is 37.3 Å². The lowest BCUT2D eigenvalue weighted by Crippen LogP contribution is -2.37. The Hall–Kier alpha value is -4.10. The van der Waals surface area contributed by atoms with Crippen LogP contribution in [0.5, 0.6) is 0 Å². The van der Waals surface area contributed by atoms with Crippen LogP contribution in [0.2, 0.25) is 0 Å². The van der Waals surface area contributed by atoms with Crippen molar-refractivity contribution in [2.24, 2.45) is 42.3 Å². The average Bonchev–Trinajstić information content (AvgIpc) is 3.28. The van der Waals surface area contributed by atoms with Crippen LogP contribution in [-0.4, -0.2) is 50.5 Å². The molecule has 4 aromatic heterocycles. The molecule has 14 heteroatoms. The van der Waals surface area contributed by atoms with Crippen LogP contribution in [0.25, 0.3) is 22.3 Å². The second-order valence-corrected chi connectivity index (χ2v) is 7.60. The lowest BCUT2D eigenvalue weighted by molar-refractivity contribution is 0.705. The molecule has 32 heavy (non-hydrogen) atoms. The summed E-state index contributed by atoms with van der Waals surface area (Å²) < 4.78 is 7.93. The summed E-state index contributed by atoms with van der Waals surface area (Å²) in [6, 6.07) is 0. The molecule has 4 heterocycles. The number of aryl methyl sites for hydroxylation is 4. The predicted molar refractivity (Wildman–Crippen MR) is 119 cm³/mol. The molecule has 0 atom stereocenters. The van der Waals surface area contributed by atoms with Crippen molar-refractivity contribution in [3.8, 4) is 0 Å². The smallest absolute Gasteiger partial charge is 0.332 e. The van der Waals surface area contributed by atoms with Crippen molar-refractivity contribution in [2.75, 3.05) is 23.7 Å². The Morgan fingerprint density at radius 3 is 1.25 bits per heavy atom. The first-order chi connectivity index (χ1) is 15.1. The van der Waals surface area contributed by atoms with Gasteiger partial charge in [-0.3, -0.25) is 27.9 Å².